The Morgan fingerprint density at radius 1 is 0.900 bits per heavy atom. The van der Waals surface area contributed by atoms with Crippen molar-refractivity contribution in [2.75, 3.05) is 11.1 Å². The molecule has 0 aliphatic rings. The molecule has 3 rings (SSSR count). The van der Waals surface area contributed by atoms with Crippen LogP contribution in [-0.2, 0) is 14.6 Å². The molecule has 3 aromatic carbocycles. The van der Waals surface area contributed by atoms with Gasteiger partial charge < -0.3 is 5.32 Å². The molecule has 1 N–H and O–H groups in total. The number of rotatable bonds is 6. The molecule has 0 saturated carbocycles. The predicted molar refractivity (Wildman–Crippen MR) is 118 cm³/mol. The van der Waals surface area contributed by atoms with Crippen molar-refractivity contribution >= 4 is 50.4 Å². The Kier molecular flexibility index (Phi) is 6.61. The Morgan fingerprint density at radius 3 is 2.23 bits per heavy atom. The minimum absolute atomic E-state index is 0.0479. The number of sulfone groups is 1. The van der Waals surface area contributed by atoms with Crippen LogP contribution in [0.15, 0.2) is 71.6 Å². The maximum atomic E-state index is 12.9. The van der Waals surface area contributed by atoms with Gasteiger partial charge in [-0.15, -0.1) is 0 Å². The van der Waals surface area contributed by atoms with Gasteiger partial charge in [-0.25, -0.2) is 8.42 Å². The summed E-state index contributed by atoms with van der Waals surface area (Å²) in [7, 11) is -3.84. The second kappa shape index (κ2) is 9.00. The maximum Gasteiger partial charge on any atom is 0.239 e. The topological polar surface area (TPSA) is 80.3 Å². The lowest BCUT2D eigenvalue weighted by Crippen LogP contribution is -2.24. The van der Waals surface area contributed by atoms with Crippen molar-refractivity contribution in [2.45, 2.75) is 11.8 Å². The van der Waals surface area contributed by atoms with Crippen LogP contribution in [0.3, 0.4) is 0 Å². The van der Waals surface area contributed by atoms with Crippen LogP contribution < -0.4 is 5.32 Å². The first kappa shape index (κ1) is 22.0. The highest BCUT2D eigenvalue weighted by Gasteiger charge is 2.22. The van der Waals surface area contributed by atoms with Gasteiger partial charge in [-0.3, -0.25) is 9.59 Å². The number of carbonyl (C=O) groups is 2. The molecule has 3 aromatic rings. The van der Waals surface area contributed by atoms with Gasteiger partial charge in [0, 0.05) is 16.1 Å². The molecule has 0 bridgehead atoms. The van der Waals surface area contributed by atoms with E-state index in [2.05, 4.69) is 5.32 Å². The summed E-state index contributed by atoms with van der Waals surface area (Å²) in [4.78, 5) is 25.5. The molecular formula is C22H17Cl2NO4S. The third-order valence-corrected chi connectivity index (χ3v) is 6.52. The number of benzene rings is 3. The summed E-state index contributed by atoms with van der Waals surface area (Å²) >= 11 is 12.1. The van der Waals surface area contributed by atoms with Gasteiger partial charge in [-0.1, -0.05) is 53.0 Å². The van der Waals surface area contributed by atoms with Gasteiger partial charge in [0.2, 0.25) is 5.91 Å². The fourth-order valence-electron chi connectivity index (χ4n) is 2.79. The molecule has 0 unspecified atom stereocenters. The van der Waals surface area contributed by atoms with Crippen LogP contribution in [0.5, 0.6) is 0 Å². The van der Waals surface area contributed by atoms with Gasteiger partial charge in [-0.05, 0) is 49.4 Å². The van der Waals surface area contributed by atoms with Gasteiger partial charge in [0.25, 0.3) is 0 Å². The molecule has 1 amide bonds. The van der Waals surface area contributed by atoms with Crippen LogP contribution in [-0.4, -0.2) is 25.9 Å². The number of nitrogens with one attached hydrogen (secondary N) is 1. The third-order valence-electron chi connectivity index (χ3n) is 4.32. The molecule has 0 aromatic heterocycles. The van der Waals surface area contributed by atoms with Crippen molar-refractivity contribution in [3.63, 3.8) is 0 Å². The largest absolute Gasteiger partial charge is 0.325 e. The number of hydrogen-bond acceptors (Lipinski definition) is 4. The molecule has 0 radical (unpaired) electrons. The summed E-state index contributed by atoms with van der Waals surface area (Å²) in [6.45, 7) is 1.83. The smallest absolute Gasteiger partial charge is 0.239 e. The molecule has 154 valence electrons. The summed E-state index contributed by atoms with van der Waals surface area (Å²) in [6, 6.07) is 17.0. The molecule has 0 spiro atoms. The van der Waals surface area contributed by atoms with Crippen LogP contribution >= 0.6 is 23.2 Å². The first-order chi connectivity index (χ1) is 14.2. The highest BCUT2D eigenvalue weighted by atomic mass is 35.5. The zero-order chi connectivity index (χ0) is 21.9. The van der Waals surface area contributed by atoms with E-state index < -0.39 is 27.3 Å². The Bertz CT molecular complexity index is 1220. The number of hydrogen-bond donors (Lipinski definition) is 1. The third kappa shape index (κ3) is 5.08. The number of halogens is 2. The number of carbonyl (C=O) groups excluding carboxylic acids is 2. The molecular weight excluding hydrogens is 445 g/mol. The van der Waals surface area contributed by atoms with Crippen molar-refractivity contribution in [3.05, 3.63) is 93.5 Å². The zero-order valence-corrected chi connectivity index (χ0v) is 18.2. The summed E-state index contributed by atoms with van der Waals surface area (Å²) in [6.07, 6.45) is 0. The standard InChI is InChI=1S/C22H17Cl2NO4S/c1-14-6-9-16(10-7-14)30(28,29)13-21(26)25-20-11-8-15(23)12-18(20)22(27)17-4-2-3-5-19(17)24/h2-12H,13H2,1H3,(H,25,26). The molecule has 30 heavy (non-hydrogen) atoms. The second-order valence-corrected chi connectivity index (χ2v) is 9.45. The fourth-order valence-corrected chi connectivity index (χ4v) is 4.32. The van der Waals surface area contributed by atoms with Crippen molar-refractivity contribution in [1.82, 2.24) is 0 Å². The molecule has 0 saturated heterocycles. The van der Waals surface area contributed by atoms with Gasteiger partial charge in [-0.2, -0.15) is 0 Å². The fraction of sp³-hybridized carbons (Fsp3) is 0.0909. The highest BCUT2D eigenvalue weighted by molar-refractivity contribution is 7.92. The Morgan fingerprint density at radius 2 is 1.57 bits per heavy atom. The van der Waals surface area contributed by atoms with E-state index in [1.807, 2.05) is 6.92 Å². The highest BCUT2D eigenvalue weighted by Crippen LogP contribution is 2.27. The summed E-state index contributed by atoms with van der Waals surface area (Å²) in [5.41, 5.74) is 1.40. The van der Waals surface area contributed by atoms with E-state index in [1.54, 1.807) is 36.4 Å². The SMILES string of the molecule is Cc1ccc(S(=O)(=O)CC(=O)Nc2ccc(Cl)cc2C(=O)c2ccccc2Cl)cc1. The van der Waals surface area contributed by atoms with E-state index in [9.17, 15) is 18.0 Å². The molecule has 8 heteroatoms. The van der Waals surface area contributed by atoms with Crippen LogP contribution in [0.4, 0.5) is 5.69 Å². The predicted octanol–water partition coefficient (Wildman–Crippen LogP) is 4.95. The van der Waals surface area contributed by atoms with E-state index in [0.717, 1.165) is 5.56 Å². The van der Waals surface area contributed by atoms with Crippen molar-refractivity contribution in [3.8, 4) is 0 Å². The molecule has 0 atom stereocenters. The second-order valence-electron chi connectivity index (χ2n) is 6.62. The van der Waals surface area contributed by atoms with Crippen LogP contribution in [0.2, 0.25) is 10.0 Å². The lowest BCUT2D eigenvalue weighted by Gasteiger charge is -2.12. The molecule has 0 aliphatic heterocycles. The normalized spacial score (nSPS) is 11.2. The number of amides is 1. The van der Waals surface area contributed by atoms with Crippen LogP contribution in [0.1, 0.15) is 21.5 Å². The number of anilines is 1. The van der Waals surface area contributed by atoms with Crippen molar-refractivity contribution in [1.29, 1.82) is 0 Å². The van der Waals surface area contributed by atoms with E-state index in [0.29, 0.717) is 0 Å². The average molecular weight is 462 g/mol. The monoisotopic (exact) mass is 461 g/mol. The number of ketones is 1. The van der Waals surface area contributed by atoms with E-state index in [-0.39, 0.29) is 31.8 Å². The molecule has 0 aliphatic carbocycles. The number of aryl methyl sites for hydroxylation is 1. The molecule has 5 nitrogen and oxygen atoms in total. The quantitative estimate of drug-likeness (QED) is 0.526. The van der Waals surface area contributed by atoms with E-state index in [4.69, 9.17) is 23.2 Å². The van der Waals surface area contributed by atoms with E-state index in [1.165, 1.54) is 30.3 Å². The van der Waals surface area contributed by atoms with Gasteiger partial charge in [0.15, 0.2) is 15.6 Å². The maximum absolute atomic E-state index is 12.9. The Balaban J connectivity index is 1.86. The van der Waals surface area contributed by atoms with Gasteiger partial charge in [0.1, 0.15) is 5.75 Å². The lowest BCUT2D eigenvalue weighted by atomic mass is 10.0. The Labute approximate surface area is 184 Å². The first-order valence-electron chi connectivity index (χ1n) is 8.85. The first-order valence-corrected chi connectivity index (χ1v) is 11.3. The van der Waals surface area contributed by atoms with Gasteiger partial charge >= 0.3 is 0 Å². The Hall–Kier alpha value is -2.67. The molecule has 0 heterocycles. The molecule has 0 fully saturated rings. The minimum Gasteiger partial charge on any atom is -0.325 e. The van der Waals surface area contributed by atoms with Crippen LogP contribution in [0, 0.1) is 6.92 Å². The summed E-state index contributed by atoms with van der Waals surface area (Å²) in [5.74, 6) is -1.98. The van der Waals surface area contributed by atoms with Crippen molar-refractivity contribution < 1.29 is 18.0 Å². The van der Waals surface area contributed by atoms with E-state index >= 15 is 0 Å². The lowest BCUT2D eigenvalue weighted by molar-refractivity contribution is -0.113. The summed E-state index contributed by atoms with van der Waals surface area (Å²) < 4.78 is 25.0. The van der Waals surface area contributed by atoms with Crippen molar-refractivity contribution in [2.24, 2.45) is 0 Å². The van der Waals surface area contributed by atoms with Gasteiger partial charge in [0.05, 0.1) is 15.6 Å². The zero-order valence-electron chi connectivity index (χ0n) is 15.9. The minimum atomic E-state index is -3.84. The van der Waals surface area contributed by atoms with Crippen LogP contribution in [0.25, 0.3) is 0 Å². The summed E-state index contributed by atoms with van der Waals surface area (Å²) in [5, 5.41) is 3.04. The average Bonchev–Trinajstić information content (AvgIpc) is 2.69.